The van der Waals surface area contributed by atoms with Gasteiger partial charge in [0.25, 0.3) is 10.1 Å². The lowest BCUT2D eigenvalue weighted by Gasteiger charge is -1.70. The Bertz CT molecular complexity index is 374. The summed E-state index contributed by atoms with van der Waals surface area (Å²) in [5.74, 6) is 0. The van der Waals surface area contributed by atoms with Crippen molar-refractivity contribution in [1.29, 1.82) is 0 Å². The van der Waals surface area contributed by atoms with Crippen LogP contribution in [0.1, 0.15) is 0 Å². The zero-order valence-electron chi connectivity index (χ0n) is 8.82. The lowest BCUT2D eigenvalue weighted by atomic mass is 10.5. The molecule has 0 aliphatic rings. The maximum atomic E-state index is 9.19. The van der Waals surface area contributed by atoms with Crippen molar-refractivity contribution >= 4 is 10.1 Å². The Morgan fingerprint density at radius 2 is 1.44 bits per heavy atom. The molecular formula is C10H14N2O3S. The Morgan fingerprint density at radius 3 is 1.56 bits per heavy atom. The molecule has 0 aromatic carbocycles. The minimum atomic E-state index is -3.67. The van der Waals surface area contributed by atoms with Crippen molar-refractivity contribution in [2.75, 3.05) is 6.26 Å². The SMILES string of the molecule is CS(=O)(=O)O.c1cc[nH]c1.c1ccncc1. The zero-order valence-corrected chi connectivity index (χ0v) is 9.63. The van der Waals surface area contributed by atoms with Crippen LogP contribution in [-0.2, 0) is 10.1 Å². The first-order chi connectivity index (χ1) is 7.50. The Kier molecular flexibility index (Phi) is 7.74. The summed E-state index contributed by atoms with van der Waals surface area (Å²) < 4.78 is 25.9. The maximum Gasteiger partial charge on any atom is 0.261 e. The molecule has 0 aliphatic heterocycles. The summed E-state index contributed by atoms with van der Waals surface area (Å²) in [6, 6.07) is 9.60. The number of nitrogens with one attached hydrogen (secondary N) is 1. The van der Waals surface area contributed by atoms with Crippen LogP contribution in [0, 0.1) is 0 Å². The van der Waals surface area contributed by atoms with E-state index >= 15 is 0 Å². The van der Waals surface area contributed by atoms with Crippen LogP contribution in [0.5, 0.6) is 0 Å². The Balaban J connectivity index is 0.000000213. The van der Waals surface area contributed by atoms with Gasteiger partial charge < -0.3 is 4.98 Å². The minimum absolute atomic E-state index is 0.715. The van der Waals surface area contributed by atoms with Crippen molar-refractivity contribution in [3.8, 4) is 0 Å². The van der Waals surface area contributed by atoms with Gasteiger partial charge in [-0.05, 0) is 24.3 Å². The summed E-state index contributed by atoms with van der Waals surface area (Å²) in [6.07, 6.45) is 7.97. The second kappa shape index (κ2) is 8.63. The zero-order chi connectivity index (χ0) is 12.3. The van der Waals surface area contributed by atoms with E-state index in [4.69, 9.17) is 4.55 Å². The van der Waals surface area contributed by atoms with Gasteiger partial charge in [-0.3, -0.25) is 9.54 Å². The van der Waals surface area contributed by atoms with E-state index in [0.717, 1.165) is 0 Å². The molecule has 2 aromatic rings. The Hall–Kier alpha value is -1.66. The first-order valence-corrected chi connectivity index (χ1v) is 6.20. The highest BCUT2D eigenvalue weighted by atomic mass is 32.2. The molecule has 2 aromatic heterocycles. The van der Waals surface area contributed by atoms with E-state index in [1.54, 1.807) is 12.4 Å². The summed E-state index contributed by atoms with van der Waals surface area (Å²) in [5, 5.41) is 0. The molecule has 0 saturated heterocycles. The number of rotatable bonds is 0. The monoisotopic (exact) mass is 242 g/mol. The van der Waals surface area contributed by atoms with Gasteiger partial charge in [0.2, 0.25) is 0 Å². The van der Waals surface area contributed by atoms with Crippen LogP contribution in [0.4, 0.5) is 0 Å². The normalized spacial score (nSPS) is 9.12. The van der Waals surface area contributed by atoms with Crippen LogP contribution >= 0.6 is 0 Å². The number of H-pyrrole nitrogens is 1. The molecule has 6 heteroatoms. The molecule has 0 radical (unpaired) electrons. The van der Waals surface area contributed by atoms with E-state index in [1.807, 2.05) is 42.7 Å². The van der Waals surface area contributed by atoms with E-state index in [9.17, 15) is 8.42 Å². The molecule has 0 atom stereocenters. The summed E-state index contributed by atoms with van der Waals surface area (Å²) >= 11 is 0. The highest BCUT2D eigenvalue weighted by Gasteiger charge is 1.81. The van der Waals surface area contributed by atoms with Crippen LogP contribution in [0.2, 0.25) is 0 Å². The van der Waals surface area contributed by atoms with E-state index in [-0.39, 0.29) is 0 Å². The topological polar surface area (TPSA) is 83.0 Å². The summed E-state index contributed by atoms with van der Waals surface area (Å²) in [7, 11) is -3.67. The molecule has 0 amide bonds. The van der Waals surface area contributed by atoms with Crippen LogP contribution in [0.15, 0.2) is 55.1 Å². The lowest BCUT2D eigenvalue weighted by Crippen LogP contribution is -1.88. The van der Waals surface area contributed by atoms with Crippen LogP contribution in [0.3, 0.4) is 0 Å². The summed E-state index contributed by atoms with van der Waals surface area (Å²) in [6.45, 7) is 0. The van der Waals surface area contributed by atoms with Gasteiger partial charge in [0, 0.05) is 24.8 Å². The third-order valence-electron chi connectivity index (χ3n) is 1.06. The molecule has 5 nitrogen and oxygen atoms in total. The molecule has 0 bridgehead atoms. The Morgan fingerprint density at radius 1 is 1.00 bits per heavy atom. The first-order valence-electron chi connectivity index (χ1n) is 4.35. The van der Waals surface area contributed by atoms with Gasteiger partial charge in [-0.2, -0.15) is 8.42 Å². The third-order valence-corrected chi connectivity index (χ3v) is 1.06. The van der Waals surface area contributed by atoms with Crippen molar-refractivity contribution in [1.82, 2.24) is 9.97 Å². The van der Waals surface area contributed by atoms with Gasteiger partial charge in [0.15, 0.2) is 0 Å². The minimum Gasteiger partial charge on any atom is -0.368 e. The van der Waals surface area contributed by atoms with Gasteiger partial charge in [-0.25, -0.2) is 0 Å². The van der Waals surface area contributed by atoms with Crippen molar-refractivity contribution in [2.24, 2.45) is 0 Å². The smallest absolute Gasteiger partial charge is 0.261 e. The molecule has 2 N–H and O–H groups in total. The molecule has 16 heavy (non-hydrogen) atoms. The standard InChI is InChI=1S/C5H5N.C4H5N.CH4O3S/c1-2-4-6-5-3-1;1-2-4-5-3-1;1-5(2,3)4/h1-5H;1-5H;1H3,(H,2,3,4). The van der Waals surface area contributed by atoms with Crippen LogP contribution < -0.4 is 0 Å². The van der Waals surface area contributed by atoms with Gasteiger partial charge in [-0.15, -0.1) is 0 Å². The quantitative estimate of drug-likeness (QED) is 0.687. The number of hydrogen-bond acceptors (Lipinski definition) is 3. The molecule has 2 rings (SSSR count). The maximum absolute atomic E-state index is 9.19. The van der Waals surface area contributed by atoms with Crippen molar-refractivity contribution in [3.05, 3.63) is 55.1 Å². The summed E-state index contributed by atoms with van der Waals surface area (Å²) in [4.78, 5) is 6.65. The molecule has 0 aliphatic carbocycles. The van der Waals surface area contributed by atoms with E-state index in [1.165, 1.54) is 0 Å². The fraction of sp³-hybridized carbons (Fsp3) is 0.100. The van der Waals surface area contributed by atoms with Gasteiger partial charge >= 0.3 is 0 Å². The molecule has 0 unspecified atom stereocenters. The predicted octanol–water partition coefficient (Wildman–Crippen LogP) is 1.60. The molecule has 88 valence electrons. The predicted molar refractivity (Wildman–Crippen MR) is 62.5 cm³/mol. The van der Waals surface area contributed by atoms with Crippen molar-refractivity contribution in [3.63, 3.8) is 0 Å². The second-order valence-electron chi connectivity index (χ2n) is 2.64. The van der Waals surface area contributed by atoms with Crippen LogP contribution in [-0.4, -0.2) is 29.2 Å². The van der Waals surface area contributed by atoms with Gasteiger partial charge in [-0.1, -0.05) is 6.07 Å². The van der Waals surface area contributed by atoms with Gasteiger partial charge in [0.1, 0.15) is 0 Å². The number of pyridine rings is 1. The first kappa shape index (κ1) is 14.3. The fourth-order valence-corrected chi connectivity index (χ4v) is 0.590. The highest BCUT2D eigenvalue weighted by Crippen LogP contribution is 1.73. The summed E-state index contributed by atoms with van der Waals surface area (Å²) in [5.41, 5.74) is 0. The average molecular weight is 242 g/mol. The second-order valence-corrected chi connectivity index (χ2v) is 4.11. The van der Waals surface area contributed by atoms with E-state index in [0.29, 0.717) is 6.26 Å². The number of aromatic amines is 1. The molecule has 0 spiro atoms. The average Bonchev–Trinajstić information content (AvgIpc) is 2.75. The number of nitrogens with zero attached hydrogens (tertiary/aromatic N) is 1. The van der Waals surface area contributed by atoms with Gasteiger partial charge in [0.05, 0.1) is 6.26 Å². The lowest BCUT2D eigenvalue weighted by molar-refractivity contribution is 0.490. The van der Waals surface area contributed by atoms with Crippen LogP contribution in [0.25, 0.3) is 0 Å². The highest BCUT2D eigenvalue weighted by molar-refractivity contribution is 7.85. The van der Waals surface area contributed by atoms with E-state index < -0.39 is 10.1 Å². The third kappa shape index (κ3) is 18.2. The molecular weight excluding hydrogens is 228 g/mol. The molecule has 2 heterocycles. The number of hydrogen-bond donors (Lipinski definition) is 2. The fourth-order valence-electron chi connectivity index (χ4n) is 0.590. The molecule has 0 saturated carbocycles. The molecule has 0 fully saturated rings. The Labute approximate surface area is 94.9 Å². The number of aromatic nitrogens is 2. The van der Waals surface area contributed by atoms with Crippen molar-refractivity contribution in [2.45, 2.75) is 0 Å². The largest absolute Gasteiger partial charge is 0.368 e. The van der Waals surface area contributed by atoms with Crippen molar-refractivity contribution < 1.29 is 13.0 Å². The van der Waals surface area contributed by atoms with E-state index in [2.05, 4.69) is 9.97 Å².